The lowest BCUT2D eigenvalue weighted by Crippen LogP contribution is -2.57. The number of nitrogens with two attached hydrogens (primary N) is 1. The van der Waals surface area contributed by atoms with Crippen molar-refractivity contribution in [3.63, 3.8) is 0 Å². The van der Waals surface area contributed by atoms with Crippen LogP contribution >= 0.6 is 15.9 Å². The van der Waals surface area contributed by atoms with E-state index in [0.717, 1.165) is 0 Å². The van der Waals surface area contributed by atoms with Crippen molar-refractivity contribution in [2.24, 2.45) is 10.7 Å². The second-order valence-corrected chi connectivity index (χ2v) is 5.29. The number of hydrogen-bond acceptors (Lipinski definition) is 4. The van der Waals surface area contributed by atoms with Crippen LogP contribution in [0.1, 0.15) is 12.0 Å². The Morgan fingerprint density at radius 2 is 2.11 bits per heavy atom. The summed E-state index contributed by atoms with van der Waals surface area (Å²) in [5, 5.41) is -1.51. The van der Waals surface area contributed by atoms with Crippen LogP contribution in [-0.4, -0.2) is 23.6 Å². The summed E-state index contributed by atoms with van der Waals surface area (Å²) < 4.78 is 39.4. The highest BCUT2D eigenvalue weighted by atomic mass is 79.9. The van der Waals surface area contributed by atoms with Crippen molar-refractivity contribution < 1.29 is 18.3 Å². The summed E-state index contributed by atoms with van der Waals surface area (Å²) in [5.74, 6) is -2.82. The van der Waals surface area contributed by atoms with Crippen LogP contribution in [0.5, 0.6) is 5.75 Å². The van der Waals surface area contributed by atoms with Gasteiger partial charge in [-0.3, -0.25) is 0 Å². The van der Waals surface area contributed by atoms with Gasteiger partial charge in [-0.25, -0.2) is 4.99 Å². The third kappa shape index (κ3) is 1.64. The van der Waals surface area contributed by atoms with Crippen LogP contribution in [0, 0.1) is 0 Å². The summed E-state index contributed by atoms with van der Waals surface area (Å²) >= 11 is 2.84. The Kier molecular flexibility index (Phi) is 2.70. The van der Waals surface area contributed by atoms with E-state index in [-0.39, 0.29) is 19.0 Å². The molecule has 0 bridgehead atoms. The smallest absolute Gasteiger partial charge is 0.323 e. The van der Waals surface area contributed by atoms with Gasteiger partial charge in [0, 0.05) is 12.0 Å². The monoisotopic (exact) mass is 332 g/mol. The van der Waals surface area contributed by atoms with E-state index in [2.05, 4.69) is 20.9 Å². The number of nitrogens with zero attached hydrogens (tertiary/aromatic N) is 1. The number of amidine groups is 1. The zero-order chi connectivity index (χ0) is 13.7. The average Bonchev–Trinajstić information content (AvgIpc) is 2.37. The lowest BCUT2D eigenvalue weighted by molar-refractivity contribution is -0.143. The van der Waals surface area contributed by atoms with Gasteiger partial charge in [-0.05, 0) is 22.0 Å². The van der Waals surface area contributed by atoms with Gasteiger partial charge >= 0.3 is 5.92 Å². The van der Waals surface area contributed by atoms with Gasteiger partial charge in [0.05, 0.1) is 6.61 Å². The van der Waals surface area contributed by atoms with Crippen LogP contribution in [0.25, 0.3) is 0 Å². The normalized spacial score (nSPS) is 31.9. The molecule has 19 heavy (non-hydrogen) atoms. The molecule has 7 heteroatoms. The molecule has 0 saturated carbocycles. The van der Waals surface area contributed by atoms with E-state index in [4.69, 9.17) is 15.2 Å². The van der Waals surface area contributed by atoms with Gasteiger partial charge in [0.1, 0.15) is 5.75 Å². The first-order valence-corrected chi connectivity index (χ1v) is 6.65. The van der Waals surface area contributed by atoms with Gasteiger partial charge < -0.3 is 15.2 Å². The fourth-order valence-corrected chi connectivity index (χ4v) is 3.07. The molecular formula is C12H11BrF2N2O2. The molecular weight excluding hydrogens is 322 g/mol. The number of fused-ring (bicyclic) bond motifs is 2. The maximum Gasteiger partial charge on any atom is 0.323 e. The highest BCUT2D eigenvalue weighted by molar-refractivity contribution is 9.09. The number of ether oxygens (including phenoxy) is 2. The molecule has 102 valence electrons. The first-order chi connectivity index (χ1) is 8.97. The van der Waals surface area contributed by atoms with Crippen LogP contribution in [0.4, 0.5) is 8.78 Å². The van der Waals surface area contributed by atoms with E-state index >= 15 is 0 Å². The van der Waals surface area contributed by atoms with Crippen molar-refractivity contribution in [3.05, 3.63) is 29.8 Å². The van der Waals surface area contributed by atoms with Gasteiger partial charge in [-0.2, -0.15) is 8.78 Å². The maximum atomic E-state index is 14.6. The Morgan fingerprint density at radius 3 is 2.89 bits per heavy atom. The van der Waals surface area contributed by atoms with Crippen molar-refractivity contribution in [2.75, 3.05) is 6.61 Å². The zero-order valence-electron chi connectivity index (χ0n) is 9.78. The van der Waals surface area contributed by atoms with E-state index in [0.29, 0.717) is 11.3 Å². The summed E-state index contributed by atoms with van der Waals surface area (Å²) in [6, 6.07) is 6.40. The van der Waals surface area contributed by atoms with E-state index in [1.807, 2.05) is 0 Å². The first kappa shape index (κ1) is 12.7. The summed E-state index contributed by atoms with van der Waals surface area (Å²) in [4.78, 5) is 3.93. The molecule has 0 aromatic heterocycles. The second kappa shape index (κ2) is 4.06. The zero-order valence-corrected chi connectivity index (χ0v) is 11.4. The highest BCUT2D eigenvalue weighted by Gasteiger charge is 2.64. The summed E-state index contributed by atoms with van der Waals surface area (Å²) in [7, 11) is 0. The van der Waals surface area contributed by atoms with Gasteiger partial charge in [0.2, 0.25) is 5.01 Å². The van der Waals surface area contributed by atoms with Gasteiger partial charge in [0.25, 0.3) is 6.02 Å². The van der Waals surface area contributed by atoms with Crippen molar-refractivity contribution in [1.82, 2.24) is 0 Å². The topological polar surface area (TPSA) is 56.8 Å². The molecule has 1 unspecified atom stereocenters. The van der Waals surface area contributed by atoms with Crippen molar-refractivity contribution in [1.29, 1.82) is 0 Å². The van der Waals surface area contributed by atoms with Crippen LogP contribution in [0.15, 0.2) is 29.3 Å². The predicted molar refractivity (Wildman–Crippen MR) is 68.6 cm³/mol. The average molecular weight is 333 g/mol. The molecule has 2 heterocycles. The molecule has 1 aromatic carbocycles. The van der Waals surface area contributed by atoms with Crippen LogP contribution in [0.2, 0.25) is 0 Å². The van der Waals surface area contributed by atoms with Gasteiger partial charge in [0.15, 0.2) is 5.54 Å². The molecule has 3 rings (SSSR count). The van der Waals surface area contributed by atoms with E-state index in [1.54, 1.807) is 24.3 Å². The predicted octanol–water partition coefficient (Wildman–Crippen LogP) is 2.37. The van der Waals surface area contributed by atoms with Crippen molar-refractivity contribution >= 4 is 22.0 Å². The summed E-state index contributed by atoms with van der Waals surface area (Å²) in [6.07, 6.45) is 0.0448. The number of hydrogen-bond donors (Lipinski definition) is 1. The quantitative estimate of drug-likeness (QED) is 0.742. The number of rotatable bonds is 0. The molecule has 1 spiro atoms. The largest absolute Gasteiger partial charge is 0.493 e. The minimum Gasteiger partial charge on any atom is -0.493 e. The van der Waals surface area contributed by atoms with Crippen molar-refractivity contribution in [3.8, 4) is 5.75 Å². The highest BCUT2D eigenvalue weighted by Crippen LogP contribution is 2.54. The third-order valence-electron chi connectivity index (χ3n) is 3.42. The molecule has 0 saturated heterocycles. The van der Waals surface area contributed by atoms with Crippen LogP contribution in [0.3, 0.4) is 0 Å². The Balaban J connectivity index is 2.25. The SMILES string of the molecule is NC1=N[C@@]2(CCOc3ccccc32)C(F)(F)C(Br)O1. The molecule has 0 fully saturated rings. The number of halogens is 3. The summed E-state index contributed by atoms with van der Waals surface area (Å²) in [6.45, 7) is 0.156. The molecule has 1 aromatic rings. The van der Waals surface area contributed by atoms with Crippen molar-refractivity contribution in [2.45, 2.75) is 22.9 Å². The van der Waals surface area contributed by atoms with E-state index < -0.39 is 16.5 Å². The lowest BCUT2D eigenvalue weighted by Gasteiger charge is -2.44. The van der Waals surface area contributed by atoms with Gasteiger partial charge in [-0.1, -0.05) is 18.2 Å². The molecule has 2 aliphatic heterocycles. The number of alkyl halides is 3. The minimum atomic E-state index is -3.23. The third-order valence-corrected chi connectivity index (χ3v) is 4.18. The second-order valence-electron chi connectivity index (χ2n) is 4.46. The number of benzene rings is 1. The van der Waals surface area contributed by atoms with Gasteiger partial charge in [-0.15, -0.1) is 0 Å². The van der Waals surface area contributed by atoms with Crippen LogP contribution in [-0.2, 0) is 10.3 Å². The molecule has 0 amide bonds. The molecule has 0 radical (unpaired) electrons. The molecule has 2 N–H and O–H groups in total. The standard InChI is InChI=1S/C12H11BrF2N2O2/c13-9-12(14,15)11(17-10(16)19-9)5-6-18-8-4-2-1-3-7(8)11/h1-4,9H,5-6H2,(H2,16,17)/t9?,11-/m1/s1. The molecule has 2 atom stereocenters. The number of aliphatic imine (C=N–C) groups is 1. The molecule has 4 nitrogen and oxygen atoms in total. The van der Waals surface area contributed by atoms with E-state index in [9.17, 15) is 8.78 Å². The molecule has 2 aliphatic rings. The minimum absolute atomic E-state index is 0.0448. The van der Waals surface area contributed by atoms with E-state index in [1.165, 1.54) is 0 Å². The maximum absolute atomic E-state index is 14.6. The Bertz CT molecular complexity index is 552. The fourth-order valence-electron chi connectivity index (χ4n) is 2.50. The summed E-state index contributed by atoms with van der Waals surface area (Å²) in [5.41, 5.74) is 4.13. The first-order valence-electron chi connectivity index (χ1n) is 5.73. The molecule has 0 aliphatic carbocycles. The van der Waals surface area contributed by atoms with Crippen LogP contribution < -0.4 is 10.5 Å². The Morgan fingerprint density at radius 1 is 1.37 bits per heavy atom. The Labute approximate surface area is 116 Å². The Hall–Kier alpha value is -1.37. The lowest BCUT2D eigenvalue weighted by atomic mass is 9.79. The number of para-hydroxylation sites is 1. The fraction of sp³-hybridized carbons (Fsp3) is 0.417.